The molecule has 0 unspecified atom stereocenters. The molecular weight excluding hydrogens is 454 g/mol. The predicted octanol–water partition coefficient (Wildman–Crippen LogP) is 2.41. The lowest BCUT2D eigenvalue weighted by Crippen LogP contribution is -2.49. The smallest absolute Gasteiger partial charge is 0.314 e. The predicted molar refractivity (Wildman–Crippen MR) is 123 cm³/mol. The number of urea groups is 1. The molecule has 3 aromatic rings. The van der Waals surface area contributed by atoms with Crippen LogP contribution in [0.15, 0.2) is 65.8 Å². The number of hydrogen-bond donors (Lipinski definition) is 2. The van der Waals surface area contributed by atoms with Crippen molar-refractivity contribution in [2.45, 2.75) is 42.4 Å². The van der Waals surface area contributed by atoms with E-state index in [-0.39, 0.29) is 11.8 Å². The Morgan fingerprint density at radius 3 is 2.26 bits per heavy atom. The molecule has 1 aromatic heterocycles. The SMILES string of the molecule is O=C(CSc1nnnn1C1CCCC1)NN1C(=O)NC(c2ccccc2)(c2ccccc2)C1=O. The third kappa shape index (κ3) is 3.92. The number of rotatable bonds is 7. The maximum absolute atomic E-state index is 13.6. The summed E-state index contributed by atoms with van der Waals surface area (Å²) < 4.78 is 1.76. The number of imide groups is 1. The van der Waals surface area contributed by atoms with Crippen molar-refractivity contribution in [3.8, 4) is 0 Å². The second-order valence-electron chi connectivity index (χ2n) is 8.22. The molecule has 2 N–H and O–H groups in total. The van der Waals surface area contributed by atoms with E-state index in [1.54, 1.807) is 53.2 Å². The molecule has 0 spiro atoms. The lowest BCUT2D eigenvalue weighted by atomic mass is 9.83. The quantitative estimate of drug-likeness (QED) is 0.396. The van der Waals surface area contributed by atoms with Gasteiger partial charge in [0.05, 0.1) is 11.8 Å². The van der Waals surface area contributed by atoms with Crippen LogP contribution in [0.1, 0.15) is 42.9 Å². The molecule has 1 saturated heterocycles. The summed E-state index contributed by atoms with van der Waals surface area (Å²) in [4.78, 5) is 39.2. The number of carbonyl (C=O) groups excluding carboxylic acids is 3. The highest BCUT2D eigenvalue weighted by molar-refractivity contribution is 7.99. The summed E-state index contributed by atoms with van der Waals surface area (Å²) in [5, 5.41) is 15.9. The Bertz CT molecular complexity index is 1160. The van der Waals surface area contributed by atoms with Gasteiger partial charge in [0.15, 0.2) is 5.54 Å². The second-order valence-corrected chi connectivity index (χ2v) is 9.16. The number of amides is 4. The van der Waals surface area contributed by atoms with Crippen LogP contribution in [0.5, 0.6) is 0 Å². The Hall–Kier alpha value is -3.73. The van der Waals surface area contributed by atoms with Crippen molar-refractivity contribution in [1.82, 2.24) is 36.0 Å². The van der Waals surface area contributed by atoms with Gasteiger partial charge in [-0.25, -0.2) is 9.48 Å². The van der Waals surface area contributed by atoms with Crippen molar-refractivity contribution in [2.24, 2.45) is 0 Å². The van der Waals surface area contributed by atoms with Crippen LogP contribution in [0.3, 0.4) is 0 Å². The van der Waals surface area contributed by atoms with Gasteiger partial charge in [0.2, 0.25) is 11.1 Å². The minimum Gasteiger partial charge on any atom is -0.314 e. The van der Waals surface area contributed by atoms with E-state index in [1.807, 2.05) is 12.1 Å². The Morgan fingerprint density at radius 1 is 1.03 bits per heavy atom. The number of benzene rings is 2. The van der Waals surface area contributed by atoms with Crippen LogP contribution in [0.4, 0.5) is 4.79 Å². The molecule has 2 aliphatic rings. The summed E-state index contributed by atoms with van der Waals surface area (Å²) in [6.45, 7) is 0. The number of nitrogens with one attached hydrogen (secondary N) is 2. The number of hydrogen-bond acceptors (Lipinski definition) is 7. The Balaban J connectivity index is 1.33. The summed E-state index contributed by atoms with van der Waals surface area (Å²) in [7, 11) is 0. The van der Waals surface area contributed by atoms with Crippen molar-refractivity contribution in [3.05, 3.63) is 71.8 Å². The van der Waals surface area contributed by atoms with Gasteiger partial charge in [0.1, 0.15) is 0 Å². The Labute approximate surface area is 200 Å². The summed E-state index contributed by atoms with van der Waals surface area (Å²) in [6.07, 6.45) is 4.28. The standard InChI is InChI=1S/C23H23N7O3S/c31-19(15-34-22-25-27-28-29(22)18-13-7-8-14-18)26-30-20(32)23(24-21(30)33,16-9-3-1-4-10-16)17-11-5-2-6-12-17/h1-6,9-12,18H,7-8,13-15H2,(H,24,33)(H,26,31). The first-order chi connectivity index (χ1) is 16.6. The number of hydrazine groups is 1. The minimum atomic E-state index is -1.44. The fourth-order valence-electron chi connectivity index (χ4n) is 4.51. The van der Waals surface area contributed by atoms with Crippen LogP contribution in [0.2, 0.25) is 0 Å². The molecule has 0 atom stereocenters. The largest absolute Gasteiger partial charge is 0.344 e. The third-order valence-electron chi connectivity index (χ3n) is 6.14. The van der Waals surface area contributed by atoms with Crippen LogP contribution in [-0.4, -0.2) is 48.8 Å². The van der Waals surface area contributed by atoms with E-state index in [0.717, 1.165) is 30.7 Å². The first-order valence-electron chi connectivity index (χ1n) is 11.1. The van der Waals surface area contributed by atoms with Crippen LogP contribution < -0.4 is 10.7 Å². The van der Waals surface area contributed by atoms with Gasteiger partial charge < -0.3 is 5.32 Å². The maximum Gasteiger partial charge on any atom is 0.344 e. The van der Waals surface area contributed by atoms with Gasteiger partial charge >= 0.3 is 6.03 Å². The molecular formula is C23H23N7O3S. The molecule has 5 rings (SSSR count). The number of thioether (sulfide) groups is 1. The summed E-state index contributed by atoms with van der Waals surface area (Å²) in [5.74, 6) is -1.14. The summed E-state index contributed by atoms with van der Waals surface area (Å²) >= 11 is 1.17. The average molecular weight is 478 g/mol. The Kier molecular flexibility index (Phi) is 6.01. The van der Waals surface area contributed by atoms with E-state index in [4.69, 9.17) is 0 Å². The molecule has 10 nitrogen and oxygen atoms in total. The van der Waals surface area contributed by atoms with Crippen molar-refractivity contribution < 1.29 is 14.4 Å². The van der Waals surface area contributed by atoms with E-state index in [0.29, 0.717) is 16.3 Å². The van der Waals surface area contributed by atoms with Gasteiger partial charge in [0, 0.05) is 0 Å². The van der Waals surface area contributed by atoms with Gasteiger partial charge in [0.25, 0.3) is 5.91 Å². The molecule has 2 heterocycles. The monoisotopic (exact) mass is 477 g/mol. The van der Waals surface area contributed by atoms with Crippen molar-refractivity contribution in [1.29, 1.82) is 0 Å². The number of nitrogens with zero attached hydrogens (tertiary/aromatic N) is 5. The molecule has 11 heteroatoms. The number of carbonyl (C=O) groups is 3. The lowest BCUT2D eigenvalue weighted by molar-refractivity contribution is -0.137. The highest BCUT2D eigenvalue weighted by Gasteiger charge is 2.54. The topological polar surface area (TPSA) is 122 Å². The zero-order valence-corrected chi connectivity index (χ0v) is 19.1. The molecule has 174 valence electrons. The highest BCUT2D eigenvalue weighted by Crippen LogP contribution is 2.35. The van der Waals surface area contributed by atoms with Crippen LogP contribution >= 0.6 is 11.8 Å². The van der Waals surface area contributed by atoms with Gasteiger partial charge in [-0.2, -0.15) is 5.01 Å². The average Bonchev–Trinajstić information content (AvgIpc) is 3.61. The fourth-order valence-corrected chi connectivity index (χ4v) is 5.25. The van der Waals surface area contributed by atoms with Crippen LogP contribution in [-0.2, 0) is 15.1 Å². The molecule has 1 aliphatic heterocycles. The first-order valence-corrected chi connectivity index (χ1v) is 12.1. The van der Waals surface area contributed by atoms with Gasteiger partial charge in [-0.1, -0.05) is 85.3 Å². The molecule has 34 heavy (non-hydrogen) atoms. The normalized spacial score (nSPS) is 17.7. The molecule has 0 bridgehead atoms. The molecule has 2 aromatic carbocycles. The van der Waals surface area contributed by atoms with Crippen LogP contribution in [0, 0.1) is 0 Å². The maximum atomic E-state index is 13.6. The van der Waals surface area contributed by atoms with E-state index in [1.165, 1.54) is 11.8 Å². The van der Waals surface area contributed by atoms with Crippen LogP contribution in [0.25, 0.3) is 0 Å². The van der Waals surface area contributed by atoms with E-state index < -0.39 is 23.4 Å². The molecule has 1 saturated carbocycles. The van der Waals surface area contributed by atoms with Gasteiger partial charge in [-0.3, -0.25) is 15.0 Å². The summed E-state index contributed by atoms with van der Waals surface area (Å²) in [6, 6.07) is 17.5. The fraction of sp³-hybridized carbons (Fsp3) is 0.304. The second kappa shape index (κ2) is 9.26. The van der Waals surface area contributed by atoms with Crippen molar-refractivity contribution in [3.63, 3.8) is 0 Å². The minimum absolute atomic E-state index is 0.0478. The molecule has 0 radical (unpaired) electrons. The molecule has 2 fully saturated rings. The number of tetrazole rings is 1. The number of aromatic nitrogens is 4. The highest BCUT2D eigenvalue weighted by atomic mass is 32.2. The van der Waals surface area contributed by atoms with E-state index in [2.05, 4.69) is 26.3 Å². The van der Waals surface area contributed by atoms with Gasteiger partial charge in [-0.05, 0) is 34.4 Å². The molecule has 4 amide bonds. The summed E-state index contributed by atoms with van der Waals surface area (Å²) in [5.41, 5.74) is 2.22. The Morgan fingerprint density at radius 2 is 1.65 bits per heavy atom. The first kappa shape index (κ1) is 22.1. The lowest BCUT2D eigenvalue weighted by Gasteiger charge is -2.27. The van der Waals surface area contributed by atoms with E-state index >= 15 is 0 Å². The zero-order chi connectivity index (χ0) is 23.5. The van der Waals surface area contributed by atoms with Crippen molar-refractivity contribution in [2.75, 3.05) is 5.75 Å². The van der Waals surface area contributed by atoms with Crippen molar-refractivity contribution >= 4 is 29.6 Å². The zero-order valence-electron chi connectivity index (χ0n) is 18.3. The van der Waals surface area contributed by atoms with E-state index in [9.17, 15) is 14.4 Å². The molecule has 1 aliphatic carbocycles. The van der Waals surface area contributed by atoms with Gasteiger partial charge in [-0.15, -0.1) is 5.10 Å². The third-order valence-corrected chi connectivity index (χ3v) is 7.07.